The van der Waals surface area contributed by atoms with Gasteiger partial charge in [0.2, 0.25) is 11.1 Å². The van der Waals surface area contributed by atoms with Gasteiger partial charge in [-0.3, -0.25) is 0 Å². The summed E-state index contributed by atoms with van der Waals surface area (Å²) in [5, 5.41) is 8.41. The van der Waals surface area contributed by atoms with Crippen LogP contribution in [0.5, 0.6) is 0 Å². The van der Waals surface area contributed by atoms with Gasteiger partial charge in [0, 0.05) is 5.70 Å². The Kier molecular flexibility index (Phi) is 4.38. The number of nitrogens with one attached hydrogen (secondary N) is 1. The summed E-state index contributed by atoms with van der Waals surface area (Å²) in [4.78, 5) is 16.8. The van der Waals surface area contributed by atoms with Crippen molar-refractivity contribution in [2.24, 2.45) is 0 Å². The third kappa shape index (κ3) is 2.84. The number of methoxy groups -OCH3 is 1. The molecule has 2 heterocycles. The van der Waals surface area contributed by atoms with Crippen LogP contribution in [0.3, 0.4) is 0 Å². The molecule has 1 atom stereocenters. The zero-order valence-corrected chi connectivity index (χ0v) is 14.1. The molecule has 120 valence electrons. The van der Waals surface area contributed by atoms with Crippen LogP contribution in [0.15, 0.2) is 46.8 Å². The van der Waals surface area contributed by atoms with E-state index >= 15 is 0 Å². The third-order valence-corrected chi connectivity index (χ3v) is 4.35. The summed E-state index contributed by atoms with van der Waals surface area (Å²) in [5.41, 5.74) is 2.25. The monoisotopic (exact) mass is 330 g/mol. The highest BCUT2D eigenvalue weighted by molar-refractivity contribution is 7.99. The molecule has 1 N–H and O–H groups in total. The van der Waals surface area contributed by atoms with E-state index in [1.807, 2.05) is 37.3 Å². The molecule has 0 aliphatic carbocycles. The molecule has 0 saturated carbocycles. The Morgan fingerprint density at radius 2 is 2.13 bits per heavy atom. The Bertz CT molecular complexity index is 755. The summed E-state index contributed by atoms with van der Waals surface area (Å²) < 4.78 is 6.73. The van der Waals surface area contributed by atoms with Gasteiger partial charge in [-0.1, -0.05) is 49.0 Å². The Labute approximate surface area is 138 Å². The largest absolute Gasteiger partial charge is 0.466 e. The van der Waals surface area contributed by atoms with E-state index in [1.54, 1.807) is 16.4 Å². The maximum atomic E-state index is 12.3. The van der Waals surface area contributed by atoms with Crippen LogP contribution >= 0.6 is 11.8 Å². The molecular weight excluding hydrogens is 312 g/mol. The summed E-state index contributed by atoms with van der Waals surface area (Å²) in [6.45, 7) is 3.91. The van der Waals surface area contributed by atoms with Crippen LogP contribution in [0.25, 0.3) is 0 Å². The lowest BCUT2D eigenvalue weighted by Gasteiger charge is -2.27. The molecule has 23 heavy (non-hydrogen) atoms. The molecule has 0 bridgehead atoms. The number of carbonyl (C=O) groups excluding carboxylic acids is 1. The molecule has 1 aromatic carbocycles. The number of ether oxygens (including phenoxy) is 1. The summed E-state index contributed by atoms with van der Waals surface area (Å²) >= 11 is 1.56. The minimum atomic E-state index is -0.366. The van der Waals surface area contributed by atoms with Gasteiger partial charge in [0.1, 0.15) is 6.04 Å². The number of nitrogens with zero attached hydrogens (tertiary/aromatic N) is 3. The van der Waals surface area contributed by atoms with Crippen LogP contribution < -0.4 is 5.32 Å². The number of aromatic nitrogens is 3. The SMILES string of the molecule is CCSc1nc2n(n1)C(c1ccccc1)C(C(=O)OC)=C(C)N2. The van der Waals surface area contributed by atoms with Crippen LogP contribution in [-0.2, 0) is 9.53 Å². The second kappa shape index (κ2) is 6.45. The lowest BCUT2D eigenvalue weighted by atomic mass is 9.96. The first-order valence-corrected chi connectivity index (χ1v) is 8.34. The molecule has 0 amide bonds. The van der Waals surface area contributed by atoms with Crippen molar-refractivity contribution >= 4 is 23.7 Å². The maximum absolute atomic E-state index is 12.3. The normalized spacial score (nSPS) is 16.7. The first kappa shape index (κ1) is 15.6. The smallest absolute Gasteiger partial charge is 0.338 e. The minimum absolute atomic E-state index is 0.349. The number of carbonyl (C=O) groups is 1. The number of thioether (sulfide) groups is 1. The molecule has 1 unspecified atom stereocenters. The number of fused-ring (bicyclic) bond motifs is 1. The van der Waals surface area contributed by atoms with Crippen molar-refractivity contribution in [2.45, 2.75) is 25.0 Å². The second-order valence-corrected chi connectivity index (χ2v) is 6.30. The zero-order chi connectivity index (χ0) is 16.4. The summed E-state index contributed by atoms with van der Waals surface area (Å²) in [7, 11) is 1.39. The molecule has 1 aliphatic heterocycles. The number of anilines is 1. The van der Waals surface area contributed by atoms with E-state index in [1.165, 1.54) is 7.11 Å². The average Bonchev–Trinajstić information content (AvgIpc) is 2.96. The Hall–Kier alpha value is -2.28. The lowest BCUT2D eigenvalue weighted by Crippen LogP contribution is -2.29. The highest BCUT2D eigenvalue weighted by Crippen LogP contribution is 2.36. The number of allylic oxidation sites excluding steroid dienone is 1. The zero-order valence-electron chi connectivity index (χ0n) is 13.2. The van der Waals surface area contributed by atoms with Gasteiger partial charge in [-0.15, -0.1) is 5.10 Å². The standard InChI is InChI=1S/C16H18N4O2S/c1-4-23-16-18-15-17-10(2)12(14(21)22-3)13(20(15)19-16)11-8-6-5-7-9-11/h5-9,13H,4H2,1-3H3,(H,17,18,19). The van der Waals surface area contributed by atoms with Gasteiger partial charge < -0.3 is 10.1 Å². The fourth-order valence-electron chi connectivity index (χ4n) is 2.64. The van der Waals surface area contributed by atoms with Gasteiger partial charge in [-0.2, -0.15) is 4.98 Å². The van der Waals surface area contributed by atoms with Crippen LogP contribution in [0.4, 0.5) is 5.95 Å². The third-order valence-electron chi connectivity index (χ3n) is 3.63. The van der Waals surface area contributed by atoms with Crippen molar-refractivity contribution in [1.82, 2.24) is 14.8 Å². The maximum Gasteiger partial charge on any atom is 0.338 e. The summed E-state index contributed by atoms with van der Waals surface area (Å²) in [5.74, 6) is 1.16. The van der Waals surface area contributed by atoms with Crippen LogP contribution in [0, 0.1) is 0 Å². The molecule has 0 fully saturated rings. The molecule has 2 aromatic rings. The van der Waals surface area contributed by atoms with Gasteiger partial charge in [-0.25, -0.2) is 9.48 Å². The minimum Gasteiger partial charge on any atom is -0.466 e. The first-order valence-electron chi connectivity index (χ1n) is 7.36. The Morgan fingerprint density at radius 1 is 1.39 bits per heavy atom. The van der Waals surface area contributed by atoms with E-state index in [-0.39, 0.29) is 12.0 Å². The number of hydrogen-bond acceptors (Lipinski definition) is 6. The molecule has 6 nitrogen and oxygen atoms in total. The molecule has 1 aromatic heterocycles. The Morgan fingerprint density at radius 3 is 2.78 bits per heavy atom. The molecule has 0 spiro atoms. The quantitative estimate of drug-likeness (QED) is 0.687. The van der Waals surface area contributed by atoms with E-state index in [2.05, 4.69) is 22.3 Å². The molecule has 0 radical (unpaired) electrons. The van der Waals surface area contributed by atoms with Gasteiger partial charge in [0.15, 0.2) is 0 Å². The van der Waals surface area contributed by atoms with Crippen molar-refractivity contribution < 1.29 is 9.53 Å². The molecule has 3 rings (SSSR count). The lowest BCUT2D eigenvalue weighted by molar-refractivity contribution is -0.136. The average molecular weight is 330 g/mol. The van der Waals surface area contributed by atoms with E-state index in [4.69, 9.17) is 4.74 Å². The van der Waals surface area contributed by atoms with Crippen molar-refractivity contribution in [3.8, 4) is 0 Å². The van der Waals surface area contributed by atoms with E-state index in [0.717, 1.165) is 17.0 Å². The fourth-order valence-corrected chi connectivity index (χ4v) is 3.19. The predicted octanol–water partition coefficient (Wildman–Crippen LogP) is 2.85. The van der Waals surface area contributed by atoms with E-state index < -0.39 is 0 Å². The van der Waals surface area contributed by atoms with Gasteiger partial charge in [0.05, 0.1) is 12.7 Å². The summed E-state index contributed by atoms with van der Waals surface area (Å²) in [6.07, 6.45) is 0. The Balaban J connectivity index is 2.15. The van der Waals surface area contributed by atoms with Crippen molar-refractivity contribution in [2.75, 3.05) is 18.2 Å². The van der Waals surface area contributed by atoms with Gasteiger partial charge >= 0.3 is 5.97 Å². The first-order chi connectivity index (χ1) is 11.2. The van der Waals surface area contributed by atoms with Crippen LogP contribution in [0.1, 0.15) is 25.5 Å². The topological polar surface area (TPSA) is 69.0 Å². The van der Waals surface area contributed by atoms with Crippen LogP contribution in [0.2, 0.25) is 0 Å². The van der Waals surface area contributed by atoms with Crippen molar-refractivity contribution in [3.05, 3.63) is 47.2 Å². The van der Waals surface area contributed by atoms with Crippen molar-refractivity contribution in [1.29, 1.82) is 0 Å². The molecule has 0 saturated heterocycles. The van der Waals surface area contributed by atoms with Crippen LogP contribution in [-0.4, -0.2) is 33.6 Å². The second-order valence-electron chi connectivity index (χ2n) is 5.06. The number of esters is 1. The highest BCUT2D eigenvalue weighted by atomic mass is 32.2. The molecule has 1 aliphatic rings. The predicted molar refractivity (Wildman–Crippen MR) is 89.3 cm³/mol. The fraction of sp³-hybridized carbons (Fsp3) is 0.312. The highest BCUT2D eigenvalue weighted by Gasteiger charge is 2.34. The van der Waals surface area contributed by atoms with Gasteiger partial charge in [-0.05, 0) is 18.2 Å². The van der Waals surface area contributed by atoms with E-state index in [9.17, 15) is 4.79 Å². The molecular formula is C16H18N4O2S. The molecule has 7 heteroatoms. The summed E-state index contributed by atoms with van der Waals surface area (Å²) in [6, 6.07) is 9.44. The number of hydrogen-bond donors (Lipinski definition) is 1. The van der Waals surface area contributed by atoms with E-state index in [0.29, 0.717) is 16.7 Å². The number of rotatable bonds is 4. The number of benzene rings is 1. The van der Waals surface area contributed by atoms with Gasteiger partial charge in [0.25, 0.3) is 0 Å². The van der Waals surface area contributed by atoms with Crippen molar-refractivity contribution in [3.63, 3.8) is 0 Å².